The van der Waals surface area contributed by atoms with Crippen molar-refractivity contribution >= 4 is 11.8 Å². The summed E-state index contributed by atoms with van der Waals surface area (Å²) in [4.78, 5) is 33.0. The Morgan fingerprint density at radius 3 is 2.62 bits per heavy atom. The van der Waals surface area contributed by atoms with Crippen molar-refractivity contribution in [3.05, 3.63) is 17.3 Å². The maximum Gasteiger partial charge on any atom is 0.291 e. The van der Waals surface area contributed by atoms with Crippen molar-refractivity contribution in [1.29, 1.82) is 0 Å². The van der Waals surface area contributed by atoms with Crippen LogP contribution in [-0.4, -0.2) is 57.8 Å². The smallest absolute Gasteiger partial charge is 0.291 e. The lowest BCUT2D eigenvalue weighted by Crippen LogP contribution is -2.55. The molecule has 3 heterocycles. The first-order valence-electron chi connectivity index (χ1n) is 8.83. The molecule has 2 saturated heterocycles. The van der Waals surface area contributed by atoms with Crippen LogP contribution in [-0.2, 0) is 4.79 Å². The molecule has 2 aliphatic heterocycles. The molecule has 2 amide bonds. The second-order valence-corrected chi connectivity index (χ2v) is 7.26. The van der Waals surface area contributed by atoms with Crippen LogP contribution in [0.15, 0.2) is 4.42 Å². The van der Waals surface area contributed by atoms with Crippen LogP contribution in [0.1, 0.15) is 60.7 Å². The molecule has 2 bridgehead atoms. The molecule has 0 radical (unpaired) electrons. The second-order valence-electron chi connectivity index (χ2n) is 7.26. The molecule has 3 aliphatic rings. The summed E-state index contributed by atoms with van der Waals surface area (Å²) in [6.45, 7) is 5.15. The fourth-order valence-corrected chi connectivity index (χ4v) is 4.18. The zero-order chi connectivity index (χ0) is 17.0. The first kappa shape index (κ1) is 15.6. The molecule has 1 unspecified atom stereocenters. The van der Waals surface area contributed by atoms with E-state index in [0.29, 0.717) is 42.8 Å². The Morgan fingerprint density at radius 2 is 2.08 bits per heavy atom. The van der Waals surface area contributed by atoms with Crippen LogP contribution in [0.2, 0.25) is 0 Å². The predicted octanol–water partition coefficient (Wildman–Crippen LogP) is 1.02. The van der Waals surface area contributed by atoms with Crippen molar-refractivity contribution in [2.45, 2.75) is 63.6 Å². The fraction of sp³-hybridized carbons (Fsp3) is 0.706. The summed E-state index contributed by atoms with van der Waals surface area (Å²) >= 11 is 0. The van der Waals surface area contributed by atoms with Gasteiger partial charge in [-0.05, 0) is 32.6 Å². The zero-order valence-corrected chi connectivity index (χ0v) is 14.2. The molecular formula is C17H24N4O3. The molecule has 1 saturated carbocycles. The molecule has 7 heteroatoms. The van der Waals surface area contributed by atoms with E-state index in [1.807, 2.05) is 18.7 Å². The van der Waals surface area contributed by atoms with Crippen LogP contribution in [0.5, 0.6) is 0 Å². The topological polar surface area (TPSA) is 92.7 Å². The van der Waals surface area contributed by atoms with Crippen molar-refractivity contribution in [3.63, 3.8) is 0 Å². The highest BCUT2D eigenvalue weighted by Crippen LogP contribution is 2.40. The summed E-state index contributed by atoms with van der Waals surface area (Å²) in [5, 5.41) is 0. The number of aryl methyl sites for hydroxylation is 1. The van der Waals surface area contributed by atoms with Crippen LogP contribution in [0, 0.1) is 6.92 Å². The second kappa shape index (κ2) is 5.58. The summed E-state index contributed by atoms with van der Waals surface area (Å²) < 4.78 is 5.76. The molecule has 3 atom stereocenters. The van der Waals surface area contributed by atoms with Crippen LogP contribution < -0.4 is 5.73 Å². The van der Waals surface area contributed by atoms with Crippen molar-refractivity contribution in [2.75, 3.05) is 13.1 Å². The number of carbonyl (C=O) groups is 2. The third-order valence-electron chi connectivity index (χ3n) is 5.59. The highest BCUT2D eigenvalue weighted by atomic mass is 16.4. The number of oxazole rings is 1. The van der Waals surface area contributed by atoms with Crippen molar-refractivity contribution < 1.29 is 14.0 Å². The lowest BCUT2D eigenvalue weighted by molar-refractivity contribution is -0.124. The molecule has 1 aromatic rings. The number of rotatable bonds is 5. The highest BCUT2D eigenvalue weighted by Gasteiger charge is 2.49. The number of aromatic nitrogens is 1. The molecule has 0 aromatic carbocycles. The fourth-order valence-electron chi connectivity index (χ4n) is 4.18. The average molecular weight is 332 g/mol. The van der Waals surface area contributed by atoms with E-state index in [1.165, 1.54) is 0 Å². The molecule has 7 nitrogen and oxygen atoms in total. The van der Waals surface area contributed by atoms with Gasteiger partial charge in [0.2, 0.25) is 11.7 Å². The monoisotopic (exact) mass is 332 g/mol. The number of hydrogen-bond donors (Lipinski definition) is 1. The quantitative estimate of drug-likeness (QED) is 0.869. The number of likely N-dealkylation sites (tertiary alicyclic amines) is 2. The molecule has 24 heavy (non-hydrogen) atoms. The Balaban J connectivity index is 1.48. The maximum atomic E-state index is 12.9. The lowest BCUT2D eigenvalue weighted by atomic mass is 10.1. The van der Waals surface area contributed by atoms with Gasteiger partial charge in [-0.2, -0.15) is 0 Å². The van der Waals surface area contributed by atoms with Gasteiger partial charge in [-0.1, -0.05) is 6.92 Å². The maximum absolute atomic E-state index is 12.9. The third kappa shape index (κ3) is 2.42. The predicted molar refractivity (Wildman–Crippen MR) is 86.4 cm³/mol. The Kier molecular flexibility index (Phi) is 3.63. The number of nitrogens with zero attached hydrogens (tertiary/aromatic N) is 3. The number of primary amides is 1. The van der Waals surface area contributed by atoms with Gasteiger partial charge in [0.25, 0.3) is 5.91 Å². The minimum Gasteiger partial charge on any atom is -0.435 e. The van der Waals surface area contributed by atoms with E-state index in [1.54, 1.807) is 0 Å². The zero-order valence-electron chi connectivity index (χ0n) is 14.2. The Bertz CT molecular complexity index is 681. The number of fused-ring (bicyclic) bond motifs is 2. The number of hydrogen-bond acceptors (Lipinski definition) is 5. The van der Waals surface area contributed by atoms with E-state index in [9.17, 15) is 9.59 Å². The van der Waals surface area contributed by atoms with Gasteiger partial charge in [-0.3, -0.25) is 14.5 Å². The lowest BCUT2D eigenvalue weighted by Gasteiger charge is -2.37. The largest absolute Gasteiger partial charge is 0.435 e. The first-order valence-corrected chi connectivity index (χ1v) is 8.83. The van der Waals surface area contributed by atoms with Gasteiger partial charge in [-0.25, -0.2) is 4.98 Å². The van der Waals surface area contributed by atoms with Crippen molar-refractivity contribution in [2.24, 2.45) is 5.73 Å². The van der Waals surface area contributed by atoms with E-state index in [0.717, 1.165) is 19.3 Å². The van der Waals surface area contributed by atoms with Gasteiger partial charge in [0.05, 0.1) is 11.7 Å². The normalized spacial score (nSPS) is 27.7. The summed E-state index contributed by atoms with van der Waals surface area (Å²) in [6.07, 6.45) is 3.81. The molecule has 1 aromatic heterocycles. The van der Waals surface area contributed by atoms with Crippen molar-refractivity contribution in [1.82, 2.24) is 14.8 Å². The summed E-state index contributed by atoms with van der Waals surface area (Å²) in [5.41, 5.74) is 6.20. The molecule has 0 spiro atoms. The van der Waals surface area contributed by atoms with Gasteiger partial charge >= 0.3 is 0 Å². The van der Waals surface area contributed by atoms with Crippen LogP contribution >= 0.6 is 0 Å². The highest BCUT2D eigenvalue weighted by molar-refractivity contribution is 5.93. The molecule has 4 rings (SSSR count). The van der Waals surface area contributed by atoms with Gasteiger partial charge in [0, 0.05) is 31.1 Å². The molecular weight excluding hydrogens is 308 g/mol. The molecule has 1 aliphatic carbocycles. The Hall–Kier alpha value is -1.89. The van der Waals surface area contributed by atoms with Gasteiger partial charge in [-0.15, -0.1) is 0 Å². The molecule has 130 valence electrons. The van der Waals surface area contributed by atoms with E-state index >= 15 is 0 Å². The van der Waals surface area contributed by atoms with Crippen LogP contribution in [0.3, 0.4) is 0 Å². The Morgan fingerprint density at radius 1 is 1.33 bits per heavy atom. The summed E-state index contributed by atoms with van der Waals surface area (Å²) in [7, 11) is 0. The van der Waals surface area contributed by atoms with Gasteiger partial charge in [0.1, 0.15) is 0 Å². The minimum atomic E-state index is -0.275. The van der Waals surface area contributed by atoms with E-state index in [4.69, 9.17) is 10.2 Å². The van der Waals surface area contributed by atoms with E-state index in [2.05, 4.69) is 9.88 Å². The van der Waals surface area contributed by atoms with E-state index in [-0.39, 0.29) is 29.9 Å². The van der Waals surface area contributed by atoms with Gasteiger partial charge < -0.3 is 15.1 Å². The molecule has 3 fully saturated rings. The Labute approximate surface area is 141 Å². The number of piperazine rings is 1. The minimum absolute atomic E-state index is 0.0637. The summed E-state index contributed by atoms with van der Waals surface area (Å²) in [6, 6.07) is 0.109. The van der Waals surface area contributed by atoms with Gasteiger partial charge in [0.15, 0.2) is 5.89 Å². The molecule has 2 N–H and O–H groups in total. The first-order chi connectivity index (χ1) is 11.5. The standard InChI is InChI=1S/C17H24N4O3/c1-3-13(15(18)22)20-7-12-6-11(20)8-21(12)17(23)14-9(2)19-16(24-14)10-4-5-10/h10-13H,3-8H2,1-2H3,(H2,18,22)/t11-,12-,13?/m0/s1. The number of nitrogens with two attached hydrogens (primary N) is 1. The van der Waals surface area contributed by atoms with Crippen molar-refractivity contribution in [3.8, 4) is 0 Å². The van der Waals surface area contributed by atoms with E-state index < -0.39 is 0 Å². The van der Waals surface area contributed by atoms with Crippen LogP contribution in [0.4, 0.5) is 0 Å². The number of amides is 2. The van der Waals surface area contributed by atoms with Crippen LogP contribution in [0.25, 0.3) is 0 Å². The average Bonchev–Trinajstić information content (AvgIpc) is 3.03. The third-order valence-corrected chi connectivity index (χ3v) is 5.59. The summed E-state index contributed by atoms with van der Waals surface area (Å²) in [5.74, 6) is 1.16. The number of carbonyl (C=O) groups excluding carboxylic acids is 2. The SMILES string of the molecule is CCC(C(N)=O)N1C[C@@H]2C[C@H]1CN2C(=O)c1oc(C2CC2)nc1C.